The summed E-state index contributed by atoms with van der Waals surface area (Å²) < 4.78 is 18.3. The maximum atomic E-state index is 14.5. The summed E-state index contributed by atoms with van der Waals surface area (Å²) in [4.78, 5) is 34.1. The van der Waals surface area contributed by atoms with Crippen LogP contribution in [0.5, 0.6) is 0 Å². The third-order valence-electron chi connectivity index (χ3n) is 11.2. The highest BCUT2D eigenvalue weighted by molar-refractivity contribution is 6.62. The lowest BCUT2D eigenvalue weighted by molar-refractivity contribution is -0.158. The van der Waals surface area contributed by atoms with E-state index in [1.165, 1.54) is 32.4 Å². The first kappa shape index (κ1) is 26.9. The number of ether oxygens (including phenoxy) is 1. The standard InChI is InChI=1S/C31H44BN3O5/c1-29(2)30(3,4)40-32(39-29)21-8-9-24-25(18-21)35(23-19-22(20-23)33-13-6-5-7-14-33)28(37)31(24)11-15-34(16-12-31)27(36)26-10-17-38-26/h8-9,18,22-23,26H,5-7,10-17,19-20H2,1-4H3/t22-,23+,26?. The van der Waals surface area contributed by atoms with Gasteiger partial charge in [0, 0.05) is 37.3 Å². The zero-order valence-corrected chi connectivity index (χ0v) is 24.6. The molecule has 0 N–H and O–H groups in total. The van der Waals surface area contributed by atoms with Crippen molar-refractivity contribution in [3.05, 3.63) is 23.8 Å². The van der Waals surface area contributed by atoms with Crippen LogP contribution >= 0.6 is 0 Å². The Morgan fingerprint density at radius 2 is 1.57 bits per heavy atom. The number of nitrogens with zero attached hydrogens (tertiary/aromatic N) is 3. The molecule has 40 heavy (non-hydrogen) atoms. The van der Waals surface area contributed by atoms with Gasteiger partial charge in [0.05, 0.1) is 23.2 Å². The van der Waals surface area contributed by atoms with Gasteiger partial charge < -0.3 is 28.7 Å². The summed E-state index contributed by atoms with van der Waals surface area (Å²) in [6.07, 6.45) is 7.80. The SMILES string of the molecule is CC1(C)OB(c2ccc3c(c2)N([C@H]2C[C@@H](N4CCCCC4)C2)C(=O)C32CCN(C(=O)C3CCO3)CC2)OC1(C)C. The van der Waals surface area contributed by atoms with Crippen molar-refractivity contribution in [2.45, 2.75) is 114 Å². The van der Waals surface area contributed by atoms with Gasteiger partial charge in [-0.2, -0.15) is 0 Å². The first-order chi connectivity index (χ1) is 19.1. The number of hydrogen-bond acceptors (Lipinski definition) is 6. The Hall–Kier alpha value is -1.94. The van der Waals surface area contributed by atoms with E-state index in [9.17, 15) is 9.59 Å². The summed E-state index contributed by atoms with van der Waals surface area (Å²) in [7, 11) is -0.465. The number of amides is 2. The fourth-order valence-corrected chi connectivity index (χ4v) is 7.67. The Balaban J connectivity index is 1.17. The predicted molar refractivity (Wildman–Crippen MR) is 154 cm³/mol. The molecule has 1 aromatic rings. The minimum atomic E-state index is -0.572. The summed E-state index contributed by atoms with van der Waals surface area (Å²) in [5, 5.41) is 0. The number of likely N-dealkylation sites (tertiary alicyclic amines) is 2. The fraction of sp³-hybridized carbons (Fsp3) is 0.742. The van der Waals surface area contributed by atoms with Gasteiger partial charge in [-0.05, 0) is 96.4 Å². The van der Waals surface area contributed by atoms with Gasteiger partial charge in [0.2, 0.25) is 5.91 Å². The molecule has 0 radical (unpaired) electrons. The predicted octanol–water partition coefficient (Wildman–Crippen LogP) is 3.00. The van der Waals surface area contributed by atoms with E-state index in [4.69, 9.17) is 14.0 Å². The highest BCUT2D eigenvalue weighted by Crippen LogP contribution is 2.51. The Morgan fingerprint density at radius 1 is 0.925 bits per heavy atom. The lowest BCUT2D eigenvalue weighted by Crippen LogP contribution is -2.59. The Kier molecular flexibility index (Phi) is 6.43. The molecular weight excluding hydrogens is 505 g/mol. The molecule has 9 heteroatoms. The van der Waals surface area contributed by atoms with E-state index < -0.39 is 23.7 Å². The largest absolute Gasteiger partial charge is 0.494 e. The molecule has 2 amide bonds. The Morgan fingerprint density at radius 3 is 2.17 bits per heavy atom. The summed E-state index contributed by atoms with van der Waals surface area (Å²) in [5.41, 5.74) is 1.69. The minimum Gasteiger partial charge on any atom is -0.399 e. The van der Waals surface area contributed by atoms with Crippen molar-refractivity contribution in [1.82, 2.24) is 9.80 Å². The van der Waals surface area contributed by atoms with Crippen LogP contribution in [-0.4, -0.2) is 90.9 Å². The van der Waals surface area contributed by atoms with Crippen molar-refractivity contribution in [3.63, 3.8) is 0 Å². The third-order valence-corrected chi connectivity index (χ3v) is 11.2. The number of anilines is 1. The molecule has 1 spiro atoms. The van der Waals surface area contributed by atoms with Gasteiger partial charge in [0.1, 0.15) is 6.10 Å². The highest BCUT2D eigenvalue weighted by Gasteiger charge is 2.57. The number of hydrogen-bond donors (Lipinski definition) is 0. The molecular formula is C31H44BN3O5. The monoisotopic (exact) mass is 549 g/mol. The van der Waals surface area contributed by atoms with Crippen molar-refractivity contribution in [3.8, 4) is 0 Å². The average molecular weight is 550 g/mol. The molecule has 0 aromatic heterocycles. The summed E-state index contributed by atoms with van der Waals surface area (Å²) >= 11 is 0. The maximum absolute atomic E-state index is 14.5. The fourth-order valence-electron chi connectivity index (χ4n) is 7.67. The summed E-state index contributed by atoms with van der Waals surface area (Å²) in [5.74, 6) is 0.311. The molecule has 0 bridgehead atoms. The van der Waals surface area contributed by atoms with Crippen LogP contribution < -0.4 is 10.4 Å². The average Bonchev–Trinajstić information content (AvgIpc) is 3.24. The van der Waals surface area contributed by atoms with Crippen molar-refractivity contribution in [1.29, 1.82) is 0 Å². The smallest absolute Gasteiger partial charge is 0.399 e. The Labute approximate surface area is 238 Å². The molecule has 5 heterocycles. The molecule has 5 fully saturated rings. The topological polar surface area (TPSA) is 71.6 Å². The van der Waals surface area contributed by atoms with Gasteiger partial charge in [-0.3, -0.25) is 9.59 Å². The van der Waals surface area contributed by atoms with E-state index in [0.717, 1.165) is 36.0 Å². The van der Waals surface area contributed by atoms with Crippen LogP contribution in [0.25, 0.3) is 0 Å². The number of carbonyl (C=O) groups is 2. The molecule has 8 nitrogen and oxygen atoms in total. The first-order valence-electron chi connectivity index (χ1n) is 15.6. The van der Waals surface area contributed by atoms with Crippen molar-refractivity contribution >= 4 is 30.1 Å². The van der Waals surface area contributed by atoms with Crippen molar-refractivity contribution in [2.24, 2.45) is 0 Å². The lowest BCUT2D eigenvalue weighted by Gasteiger charge is -2.48. The normalized spacial score (nSPS) is 32.6. The quantitative estimate of drug-likeness (QED) is 0.538. The molecule has 216 valence electrons. The number of benzene rings is 1. The van der Waals surface area contributed by atoms with Crippen LogP contribution in [0.4, 0.5) is 5.69 Å². The van der Waals surface area contributed by atoms with Gasteiger partial charge in [0.15, 0.2) is 0 Å². The molecule has 7 rings (SSSR count). The van der Waals surface area contributed by atoms with E-state index in [2.05, 4.69) is 55.7 Å². The highest BCUT2D eigenvalue weighted by atomic mass is 16.7. The van der Waals surface area contributed by atoms with Crippen molar-refractivity contribution < 1.29 is 23.6 Å². The minimum absolute atomic E-state index is 0.0862. The molecule has 6 aliphatic rings. The molecule has 1 aliphatic carbocycles. The molecule has 5 aliphatic heterocycles. The van der Waals surface area contributed by atoms with E-state index in [1.54, 1.807) is 0 Å². The molecule has 1 unspecified atom stereocenters. The first-order valence-corrected chi connectivity index (χ1v) is 15.6. The summed E-state index contributed by atoms with van der Waals surface area (Å²) in [6, 6.07) is 7.20. The van der Waals surface area contributed by atoms with Gasteiger partial charge >= 0.3 is 7.12 Å². The van der Waals surface area contributed by atoms with Crippen LogP contribution in [0.15, 0.2) is 18.2 Å². The van der Waals surface area contributed by atoms with Crippen molar-refractivity contribution in [2.75, 3.05) is 37.7 Å². The van der Waals surface area contributed by atoms with Crippen LogP contribution in [0.1, 0.15) is 84.6 Å². The van der Waals surface area contributed by atoms with Crippen LogP contribution in [-0.2, 0) is 29.0 Å². The van der Waals surface area contributed by atoms with Gasteiger partial charge in [0.25, 0.3) is 5.91 Å². The molecule has 1 aromatic carbocycles. The number of carbonyl (C=O) groups excluding carboxylic acids is 2. The van der Waals surface area contributed by atoms with Crippen LogP contribution in [0.3, 0.4) is 0 Å². The molecule has 1 saturated carbocycles. The number of piperidine rings is 2. The second-order valence-electron chi connectivity index (χ2n) is 14.0. The Bertz CT molecular complexity index is 1160. The molecule has 1 atom stereocenters. The number of fused-ring (bicyclic) bond motifs is 2. The third kappa shape index (κ3) is 4.09. The summed E-state index contributed by atoms with van der Waals surface area (Å²) in [6.45, 7) is 12.5. The van der Waals surface area contributed by atoms with Gasteiger partial charge in [-0.15, -0.1) is 0 Å². The van der Waals surface area contributed by atoms with Crippen LogP contribution in [0, 0.1) is 0 Å². The second-order valence-corrected chi connectivity index (χ2v) is 14.0. The van der Waals surface area contributed by atoms with Crippen LogP contribution in [0.2, 0.25) is 0 Å². The molecule has 4 saturated heterocycles. The number of rotatable bonds is 4. The van der Waals surface area contributed by atoms with Gasteiger partial charge in [-0.25, -0.2) is 0 Å². The zero-order valence-electron chi connectivity index (χ0n) is 24.6. The lowest BCUT2D eigenvalue weighted by atomic mass is 9.71. The maximum Gasteiger partial charge on any atom is 0.494 e. The second kappa shape index (κ2) is 9.55. The zero-order chi connectivity index (χ0) is 27.9. The van der Waals surface area contributed by atoms with E-state index in [0.29, 0.717) is 38.6 Å². The van der Waals surface area contributed by atoms with E-state index >= 15 is 0 Å². The van der Waals surface area contributed by atoms with E-state index in [-0.39, 0.29) is 24.0 Å². The van der Waals surface area contributed by atoms with Gasteiger partial charge in [-0.1, -0.05) is 18.6 Å². The van der Waals surface area contributed by atoms with E-state index in [1.807, 2.05) is 4.90 Å².